The summed E-state index contributed by atoms with van der Waals surface area (Å²) in [5.74, 6) is 1.68. The summed E-state index contributed by atoms with van der Waals surface area (Å²) in [7, 11) is 1.99. The van der Waals surface area contributed by atoms with Crippen LogP contribution in [-0.4, -0.2) is 48.4 Å². The number of imidazole rings is 1. The maximum Gasteiger partial charge on any atom is 0.165 e. The number of aromatic nitrogens is 6. The fourth-order valence-electron chi connectivity index (χ4n) is 3.50. The molecule has 1 aliphatic rings. The van der Waals surface area contributed by atoms with Crippen molar-refractivity contribution in [3.05, 3.63) is 18.2 Å². The van der Waals surface area contributed by atoms with Crippen molar-refractivity contribution in [1.29, 1.82) is 0 Å². The Morgan fingerprint density at radius 2 is 2.24 bits per heavy atom. The van der Waals surface area contributed by atoms with E-state index in [2.05, 4.69) is 39.5 Å². The van der Waals surface area contributed by atoms with Gasteiger partial charge in [0.15, 0.2) is 17.0 Å². The molecule has 1 atom stereocenters. The fraction of sp³-hybridized carbons (Fsp3) is 0.529. The number of nitrogens with zero attached hydrogens (tertiary/aromatic N) is 6. The molecule has 0 aliphatic carbocycles. The molecule has 1 aliphatic heterocycles. The van der Waals surface area contributed by atoms with Crippen LogP contribution in [0.1, 0.15) is 25.5 Å². The van der Waals surface area contributed by atoms with Crippen LogP contribution in [0.5, 0.6) is 0 Å². The molecule has 3 aromatic rings. The second-order valence-corrected chi connectivity index (χ2v) is 6.54. The summed E-state index contributed by atoms with van der Waals surface area (Å²) in [6.07, 6.45) is 5.80. The second kappa shape index (κ2) is 6.44. The smallest absolute Gasteiger partial charge is 0.165 e. The van der Waals surface area contributed by atoms with Crippen molar-refractivity contribution in [3.63, 3.8) is 0 Å². The standard InChI is InChI=1S/C17H24N8/c1-4-25-11(2)13(9-21-25)16-23-14-15(19-10-20-17(14)24(16)3)22-12-6-5-7-18-8-12/h9-10,12,18H,4-8H2,1-3H3,(H,19,20,22). The lowest BCUT2D eigenvalue weighted by molar-refractivity contribution is 0.479. The van der Waals surface area contributed by atoms with Crippen LogP contribution < -0.4 is 10.6 Å². The number of rotatable bonds is 4. The molecule has 2 N–H and O–H groups in total. The molecule has 4 rings (SSSR count). The lowest BCUT2D eigenvalue weighted by Gasteiger charge is -2.24. The van der Waals surface area contributed by atoms with Gasteiger partial charge in [0.25, 0.3) is 0 Å². The summed E-state index contributed by atoms with van der Waals surface area (Å²) in [6.45, 7) is 7.05. The predicted molar refractivity (Wildman–Crippen MR) is 97.5 cm³/mol. The van der Waals surface area contributed by atoms with E-state index in [0.29, 0.717) is 6.04 Å². The number of anilines is 1. The van der Waals surface area contributed by atoms with Gasteiger partial charge in [-0.1, -0.05) is 0 Å². The molecule has 0 amide bonds. The monoisotopic (exact) mass is 340 g/mol. The number of hydrogen-bond acceptors (Lipinski definition) is 6. The van der Waals surface area contributed by atoms with Gasteiger partial charge in [0, 0.05) is 31.9 Å². The van der Waals surface area contributed by atoms with E-state index in [4.69, 9.17) is 4.98 Å². The highest BCUT2D eigenvalue weighted by Crippen LogP contribution is 2.28. The zero-order valence-corrected chi connectivity index (χ0v) is 15.0. The third kappa shape index (κ3) is 2.76. The predicted octanol–water partition coefficient (Wildman–Crippen LogP) is 1.72. The summed E-state index contributed by atoms with van der Waals surface area (Å²) < 4.78 is 4.00. The Bertz CT molecular complexity index is 888. The van der Waals surface area contributed by atoms with Crippen LogP contribution in [0.3, 0.4) is 0 Å². The normalized spacial score (nSPS) is 18.0. The van der Waals surface area contributed by atoms with E-state index in [0.717, 1.165) is 60.1 Å². The molecule has 25 heavy (non-hydrogen) atoms. The van der Waals surface area contributed by atoms with Crippen molar-refractivity contribution < 1.29 is 0 Å². The first-order valence-corrected chi connectivity index (χ1v) is 8.86. The minimum absolute atomic E-state index is 0.377. The summed E-state index contributed by atoms with van der Waals surface area (Å²) in [6, 6.07) is 0.377. The Balaban J connectivity index is 1.76. The molecule has 8 heteroatoms. The first-order chi connectivity index (χ1) is 12.2. The van der Waals surface area contributed by atoms with Gasteiger partial charge in [0.2, 0.25) is 0 Å². The maximum atomic E-state index is 4.86. The minimum Gasteiger partial charge on any atom is -0.364 e. The molecule has 0 bridgehead atoms. The van der Waals surface area contributed by atoms with Crippen LogP contribution in [0.15, 0.2) is 12.5 Å². The quantitative estimate of drug-likeness (QED) is 0.752. The molecule has 0 spiro atoms. The fourth-order valence-corrected chi connectivity index (χ4v) is 3.50. The highest BCUT2D eigenvalue weighted by Gasteiger charge is 2.20. The maximum absolute atomic E-state index is 4.86. The van der Waals surface area contributed by atoms with E-state index in [1.807, 2.05) is 22.5 Å². The van der Waals surface area contributed by atoms with E-state index in [1.54, 1.807) is 6.33 Å². The van der Waals surface area contributed by atoms with Crippen LogP contribution in [0, 0.1) is 6.92 Å². The molecule has 132 valence electrons. The molecule has 0 aromatic carbocycles. The lowest BCUT2D eigenvalue weighted by Crippen LogP contribution is -2.38. The van der Waals surface area contributed by atoms with Gasteiger partial charge < -0.3 is 15.2 Å². The zero-order valence-electron chi connectivity index (χ0n) is 15.0. The second-order valence-electron chi connectivity index (χ2n) is 6.54. The summed E-state index contributed by atoms with van der Waals surface area (Å²) in [5.41, 5.74) is 3.79. The van der Waals surface area contributed by atoms with Crippen LogP contribution in [0.2, 0.25) is 0 Å². The molecule has 1 saturated heterocycles. The van der Waals surface area contributed by atoms with Gasteiger partial charge in [-0.05, 0) is 33.2 Å². The summed E-state index contributed by atoms with van der Waals surface area (Å²) >= 11 is 0. The van der Waals surface area contributed by atoms with Gasteiger partial charge in [-0.25, -0.2) is 15.0 Å². The van der Waals surface area contributed by atoms with Gasteiger partial charge in [0.05, 0.1) is 11.8 Å². The third-order valence-corrected chi connectivity index (χ3v) is 4.94. The molecule has 4 heterocycles. The van der Waals surface area contributed by atoms with Gasteiger partial charge in [-0.2, -0.15) is 5.10 Å². The van der Waals surface area contributed by atoms with Crippen LogP contribution in [0.4, 0.5) is 5.82 Å². The van der Waals surface area contributed by atoms with E-state index in [9.17, 15) is 0 Å². The number of piperidine rings is 1. The first-order valence-electron chi connectivity index (χ1n) is 8.86. The van der Waals surface area contributed by atoms with Crippen molar-refractivity contribution in [3.8, 4) is 11.4 Å². The van der Waals surface area contributed by atoms with Gasteiger partial charge in [0.1, 0.15) is 12.2 Å². The van der Waals surface area contributed by atoms with Crippen molar-refractivity contribution in [1.82, 2.24) is 34.6 Å². The van der Waals surface area contributed by atoms with Crippen LogP contribution >= 0.6 is 0 Å². The molecule has 1 unspecified atom stereocenters. The largest absolute Gasteiger partial charge is 0.364 e. The Morgan fingerprint density at radius 3 is 2.96 bits per heavy atom. The molecule has 0 saturated carbocycles. The zero-order chi connectivity index (χ0) is 17.4. The van der Waals surface area contributed by atoms with Crippen molar-refractivity contribution in [2.45, 2.75) is 39.3 Å². The Morgan fingerprint density at radius 1 is 1.36 bits per heavy atom. The minimum atomic E-state index is 0.377. The summed E-state index contributed by atoms with van der Waals surface area (Å²) in [5, 5.41) is 11.4. The first kappa shape index (κ1) is 16.0. The molecular weight excluding hydrogens is 316 g/mol. The van der Waals surface area contributed by atoms with Crippen LogP contribution in [-0.2, 0) is 13.6 Å². The third-order valence-electron chi connectivity index (χ3n) is 4.94. The van der Waals surface area contributed by atoms with Crippen molar-refractivity contribution >= 4 is 17.0 Å². The van der Waals surface area contributed by atoms with Gasteiger partial charge in [-0.3, -0.25) is 4.68 Å². The average molecular weight is 340 g/mol. The topological polar surface area (TPSA) is 85.5 Å². The van der Waals surface area contributed by atoms with Crippen LogP contribution in [0.25, 0.3) is 22.6 Å². The number of fused-ring (bicyclic) bond motifs is 1. The SMILES string of the molecule is CCn1ncc(-c2nc3c(NC4CCCNC4)ncnc3n2C)c1C. The number of aryl methyl sites for hydroxylation is 2. The van der Waals surface area contributed by atoms with E-state index >= 15 is 0 Å². The average Bonchev–Trinajstić information content (AvgIpc) is 3.17. The summed E-state index contributed by atoms with van der Waals surface area (Å²) in [4.78, 5) is 13.7. The van der Waals surface area contributed by atoms with E-state index in [-0.39, 0.29) is 0 Å². The molecule has 3 aromatic heterocycles. The lowest BCUT2D eigenvalue weighted by atomic mass is 10.1. The molecular formula is C17H24N8. The Labute approximate surface area is 146 Å². The van der Waals surface area contributed by atoms with Crippen molar-refractivity contribution in [2.24, 2.45) is 7.05 Å². The highest BCUT2D eigenvalue weighted by atomic mass is 15.3. The Hall–Kier alpha value is -2.48. The van der Waals surface area contributed by atoms with Gasteiger partial charge >= 0.3 is 0 Å². The molecule has 0 radical (unpaired) electrons. The van der Waals surface area contributed by atoms with E-state index in [1.165, 1.54) is 6.42 Å². The highest BCUT2D eigenvalue weighted by molar-refractivity contribution is 5.86. The van der Waals surface area contributed by atoms with Crippen molar-refractivity contribution in [2.75, 3.05) is 18.4 Å². The van der Waals surface area contributed by atoms with E-state index < -0.39 is 0 Å². The molecule has 8 nitrogen and oxygen atoms in total. The Kier molecular flexibility index (Phi) is 4.12. The number of hydrogen-bond donors (Lipinski definition) is 2. The number of nitrogens with one attached hydrogen (secondary N) is 2. The molecule has 1 fully saturated rings. The van der Waals surface area contributed by atoms with Gasteiger partial charge in [-0.15, -0.1) is 0 Å².